The molecule has 2 aromatic carbocycles. The van der Waals surface area contributed by atoms with Crippen molar-refractivity contribution in [3.8, 4) is 28.8 Å². The number of benzene rings is 2. The van der Waals surface area contributed by atoms with Gasteiger partial charge in [-0.3, -0.25) is 9.59 Å². The lowest BCUT2D eigenvalue weighted by molar-refractivity contribution is -0.135. The number of nitrogens with one attached hydrogen (secondary N) is 1. The van der Waals surface area contributed by atoms with Crippen LogP contribution in [-0.2, 0) is 9.59 Å². The maximum atomic E-state index is 13.0. The Kier molecular flexibility index (Phi) is 4.38. The zero-order valence-corrected chi connectivity index (χ0v) is 15.0. The number of amides is 1. The van der Waals surface area contributed by atoms with Gasteiger partial charge in [-0.1, -0.05) is 30.3 Å². The lowest BCUT2D eigenvalue weighted by Gasteiger charge is -2.27. The second kappa shape index (κ2) is 7.00. The molecule has 0 saturated carbocycles. The van der Waals surface area contributed by atoms with Gasteiger partial charge in [0.1, 0.15) is 5.75 Å². The second-order valence-corrected chi connectivity index (χ2v) is 6.27. The van der Waals surface area contributed by atoms with E-state index in [0.717, 1.165) is 11.3 Å². The molecule has 2 atom stereocenters. The van der Waals surface area contributed by atoms with Crippen LogP contribution in [0.25, 0.3) is 16.9 Å². The highest BCUT2D eigenvalue weighted by Gasteiger charge is 2.40. The normalized spacial score (nSPS) is 15.4. The number of nitriles is 1. The molecule has 3 aromatic rings. The fraction of sp³-hybridized carbons (Fsp3) is 0.143. The summed E-state index contributed by atoms with van der Waals surface area (Å²) in [4.78, 5) is 25.0. The van der Waals surface area contributed by atoms with E-state index in [1.54, 1.807) is 29.1 Å². The molecule has 1 amide bonds. The molecule has 1 aliphatic rings. The van der Waals surface area contributed by atoms with Crippen LogP contribution in [0.4, 0.5) is 0 Å². The van der Waals surface area contributed by atoms with E-state index in [1.807, 2.05) is 42.5 Å². The van der Waals surface area contributed by atoms with E-state index in [1.165, 1.54) is 7.05 Å². The topological polar surface area (TPSA) is 97.0 Å². The summed E-state index contributed by atoms with van der Waals surface area (Å²) < 4.78 is 7.65. The van der Waals surface area contributed by atoms with Crippen LogP contribution in [0.1, 0.15) is 11.7 Å². The van der Waals surface area contributed by atoms with Crippen LogP contribution in [0.5, 0.6) is 5.75 Å². The molecule has 138 valence electrons. The quantitative estimate of drug-likeness (QED) is 0.710. The van der Waals surface area contributed by atoms with Crippen molar-refractivity contribution in [1.82, 2.24) is 15.1 Å². The Morgan fingerprint density at radius 3 is 2.61 bits per heavy atom. The Bertz CT molecular complexity index is 1100. The maximum Gasteiger partial charge on any atom is 0.244 e. The van der Waals surface area contributed by atoms with Crippen molar-refractivity contribution in [2.24, 2.45) is 5.92 Å². The summed E-state index contributed by atoms with van der Waals surface area (Å²) in [5.74, 6) is -2.25. The van der Waals surface area contributed by atoms with Gasteiger partial charge in [0.25, 0.3) is 0 Å². The first-order valence-corrected chi connectivity index (χ1v) is 8.70. The Labute approximate surface area is 161 Å². The first-order valence-electron chi connectivity index (χ1n) is 8.70. The van der Waals surface area contributed by atoms with Crippen molar-refractivity contribution in [3.05, 3.63) is 66.4 Å². The summed E-state index contributed by atoms with van der Waals surface area (Å²) in [6.45, 7) is 0. The van der Waals surface area contributed by atoms with E-state index < -0.39 is 23.7 Å². The van der Waals surface area contributed by atoms with E-state index in [4.69, 9.17) is 4.74 Å². The molecule has 2 unspecified atom stereocenters. The molecular weight excluding hydrogens is 356 g/mol. The van der Waals surface area contributed by atoms with Crippen LogP contribution in [0.2, 0.25) is 0 Å². The predicted molar refractivity (Wildman–Crippen MR) is 101 cm³/mol. The van der Waals surface area contributed by atoms with Crippen molar-refractivity contribution in [3.63, 3.8) is 0 Å². The molecule has 7 heteroatoms. The number of carbonyl (C=O) groups excluding carboxylic acids is 2. The van der Waals surface area contributed by atoms with Crippen LogP contribution in [0.3, 0.4) is 0 Å². The number of ketones is 1. The Hall–Kier alpha value is -3.92. The van der Waals surface area contributed by atoms with E-state index in [2.05, 4.69) is 10.4 Å². The molecule has 0 spiro atoms. The number of nitrogens with zero attached hydrogens (tertiary/aromatic N) is 3. The minimum atomic E-state index is -1.46. The first kappa shape index (κ1) is 17.5. The summed E-state index contributed by atoms with van der Waals surface area (Å²) in [5, 5.41) is 16.1. The number of ether oxygens (including phenoxy) is 1. The second-order valence-electron chi connectivity index (χ2n) is 6.27. The fourth-order valence-corrected chi connectivity index (χ4v) is 3.30. The first-order chi connectivity index (χ1) is 13.7. The van der Waals surface area contributed by atoms with Crippen molar-refractivity contribution in [1.29, 1.82) is 5.26 Å². The van der Waals surface area contributed by atoms with Gasteiger partial charge >= 0.3 is 0 Å². The largest absolute Gasteiger partial charge is 0.477 e. The van der Waals surface area contributed by atoms with Crippen molar-refractivity contribution >= 4 is 11.7 Å². The molecule has 1 aliphatic heterocycles. The highest BCUT2D eigenvalue weighted by Crippen LogP contribution is 2.44. The van der Waals surface area contributed by atoms with Crippen LogP contribution >= 0.6 is 0 Å². The minimum absolute atomic E-state index is 0.500. The Balaban J connectivity index is 1.87. The lowest BCUT2D eigenvalue weighted by Crippen LogP contribution is -2.37. The van der Waals surface area contributed by atoms with Gasteiger partial charge in [-0.05, 0) is 24.3 Å². The zero-order valence-electron chi connectivity index (χ0n) is 15.0. The number of Topliss-reactive ketones (excluding diaryl/α,β-unsaturated/α-hetero) is 1. The SMILES string of the molecule is CNC(=O)C(C#N)C(=O)C1Oc2ccccc2-c2c1cnn2-c1ccccc1. The number of rotatable bonds is 4. The molecule has 0 fully saturated rings. The van der Waals surface area contributed by atoms with Crippen molar-refractivity contribution in [2.75, 3.05) is 7.05 Å². The van der Waals surface area contributed by atoms with Gasteiger partial charge in [-0.15, -0.1) is 0 Å². The zero-order chi connectivity index (χ0) is 19.7. The van der Waals surface area contributed by atoms with Gasteiger partial charge in [0.2, 0.25) is 11.7 Å². The fourth-order valence-electron chi connectivity index (χ4n) is 3.30. The smallest absolute Gasteiger partial charge is 0.244 e. The van der Waals surface area contributed by atoms with E-state index in [-0.39, 0.29) is 0 Å². The number of fused-ring (bicyclic) bond motifs is 3. The third kappa shape index (κ3) is 2.72. The molecule has 7 nitrogen and oxygen atoms in total. The highest BCUT2D eigenvalue weighted by atomic mass is 16.5. The standard InChI is InChI=1S/C21H16N4O3/c1-23-21(27)15(11-22)19(26)20-16-12-24-25(13-7-3-2-4-8-13)18(16)14-9-5-6-10-17(14)28-20/h2-10,12,15,20H,1H3,(H,23,27). The third-order valence-corrected chi connectivity index (χ3v) is 4.65. The van der Waals surface area contributed by atoms with Crippen molar-refractivity contribution in [2.45, 2.75) is 6.10 Å². The molecule has 1 N–H and O–H groups in total. The predicted octanol–water partition coefficient (Wildman–Crippen LogP) is 2.43. The van der Waals surface area contributed by atoms with Gasteiger partial charge in [0.05, 0.1) is 23.6 Å². The summed E-state index contributed by atoms with van der Waals surface area (Å²) >= 11 is 0. The minimum Gasteiger partial charge on any atom is -0.477 e. The van der Waals surface area contributed by atoms with E-state index in [0.29, 0.717) is 17.0 Å². The Morgan fingerprint density at radius 1 is 1.18 bits per heavy atom. The van der Waals surface area contributed by atoms with E-state index >= 15 is 0 Å². The number of aromatic nitrogens is 2. The molecular formula is C21H16N4O3. The van der Waals surface area contributed by atoms with Crippen LogP contribution in [0.15, 0.2) is 60.8 Å². The maximum absolute atomic E-state index is 13.0. The molecule has 0 radical (unpaired) electrons. The summed E-state index contributed by atoms with van der Waals surface area (Å²) in [6.07, 6.45) is 0.461. The van der Waals surface area contributed by atoms with Crippen LogP contribution < -0.4 is 10.1 Å². The van der Waals surface area contributed by atoms with Crippen LogP contribution in [-0.4, -0.2) is 28.5 Å². The molecule has 0 bridgehead atoms. The van der Waals surface area contributed by atoms with Crippen LogP contribution in [0, 0.1) is 17.2 Å². The van der Waals surface area contributed by atoms with E-state index in [9.17, 15) is 14.9 Å². The molecule has 1 aromatic heterocycles. The molecule has 28 heavy (non-hydrogen) atoms. The van der Waals surface area contributed by atoms with Gasteiger partial charge in [-0.2, -0.15) is 10.4 Å². The monoisotopic (exact) mass is 372 g/mol. The average Bonchev–Trinajstić information content (AvgIpc) is 3.19. The summed E-state index contributed by atoms with van der Waals surface area (Å²) in [7, 11) is 1.38. The number of hydrogen-bond acceptors (Lipinski definition) is 5. The molecule has 0 saturated heterocycles. The number of hydrogen-bond donors (Lipinski definition) is 1. The number of para-hydroxylation sites is 2. The number of carbonyl (C=O) groups is 2. The van der Waals surface area contributed by atoms with Crippen molar-refractivity contribution < 1.29 is 14.3 Å². The van der Waals surface area contributed by atoms with Gasteiger partial charge < -0.3 is 10.1 Å². The highest BCUT2D eigenvalue weighted by molar-refractivity contribution is 6.07. The third-order valence-electron chi connectivity index (χ3n) is 4.65. The molecule has 4 rings (SSSR count). The summed E-state index contributed by atoms with van der Waals surface area (Å²) in [5.41, 5.74) is 2.85. The van der Waals surface area contributed by atoms with Gasteiger partial charge in [-0.25, -0.2) is 4.68 Å². The van der Waals surface area contributed by atoms with Gasteiger partial charge in [0.15, 0.2) is 12.0 Å². The average molecular weight is 372 g/mol. The Morgan fingerprint density at radius 2 is 1.89 bits per heavy atom. The summed E-state index contributed by atoms with van der Waals surface area (Å²) in [6, 6.07) is 18.6. The lowest BCUT2D eigenvalue weighted by atomic mass is 9.91. The van der Waals surface area contributed by atoms with Gasteiger partial charge in [0, 0.05) is 18.2 Å². The molecule has 2 heterocycles. The molecule has 0 aliphatic carbocycles.